The van der Waals surface area contributed by atoms with Gasteiger partial charge in [-0.3, -0.25) is 14.4 Å². The molecule has 3 amide bonds. The predicted octanol–water partition coefficient (Wildman–Crippen LogP) is 3.36. The first-order valence-corrected chi connectivity index (χ1v) is 11.6. The Morgan fingerprint density at radius 1 is 1.06 bits per heavy atom. The molecule has 0 spiro atoms. The summed E-state index contributed by atoms with van der Waals surface area (Å²) in [5.74, 6) is 0.469. The van der Waals surface area contributed by atoms with Crippen LogP contribution in [0, 0.1) is 0 Å². The van der Waals surface area contributed by atoms with Gasteiger partial charge in [0.05, 0.1) is 31.8 Å². The van der Waals surface area contributed by atoms with Crippen LogP contribution in [0.25, 0.3) is 0 Å². The molecule has 0 bridgehead atoms. The van der Waals surface area contributed by atoms with E-state index in [4.69, 9.17) is 9.47 Å². The summed E-state index contributed by atoms with van der Waals surface area (Å²) < 4.78 is 11.2. The van der Waals surface area contributed by atoms with Crippen LogP contribution in [0.2, 0.25) is 0 Å². The first-order valence-electron chi connectivity index (χ1n) is 11.6. The standard InChI is InChI=1S/C26H33N3O5/c1-5-19(6-2)28-26(32)24-16-29(22-9-7-8-10-23(22)34-24)25(31)15-21(27-17(3)30)18-11-13-20(33-4)14-12-18/h7-14,19,21,24H,5-6,15-16H2,1-4H3,(H,27,30)(H,28,32). The number of fused-ring (bicyclic) bond motifs is 1. The van der Waals surface area contributed by atoms with Gasteiger partial charge in [-0.15, -0.1) is 0 Å². The van der Waals surface area contributed by atoms with E-state index in [0.717, 1.165) is 18.4 Å². The van der Waals surface area contributed by atoms with Crippen molar-refractivity contribution in [3.63, 3.8) is 0 Å². The largest absolute Gasteiger partial charge is 0.497 e. The van der Waals surface area contributed by atoms with Crippen molar-refractivity contribution >= 4 is 23.4 Å². The number of anilines is 1. The number of carbonyl (C=O) groups is 3. The lowest BCUT2D eigenvalue weighted by Gasteiger charge is -2.35. The molecule has 34 heavy (non-hydrogen) atoms. The molecule has 2 unspecified atom stereocenters. The van der Waals surface area contributed by atoms with E-state index in [-0.39, 0.29) is 36.7 Å². The number of carbonyl (C=O) groups excluding carboxylic acids is 3. The number of hydrogen-bond acceptors (Lipinski definition) is 5. The Bertz CT molecular complexity index is 1000. The Morgan fingerprint density at radius 3 is 2.35 bits per heavy atom. The highest BCUT2D eigenvalue weighted by atomic mass is 16.5. The molecule has 0 aliphatic carbocycles. The summed E-state index contributed by atoms with van der Waals surface area (Å²) >= 11 is 0. The number of methoxy groups -OCH3 is 1. The molecule has 0 saturated carbocycles. The molecule has 182 valence electrons. The molecule has 1 aliphatic heterocycles. The molecule has 1 aliphatic rings. The van der Waals surface area contributed by atoms with E-state index in [2.05, 4.69) is 10.6 Å². The van der Waals surface area contributed by atoms with Gasteiger partial charge in [-0.25, -0.2) is 0 Å². The fraction of sp³-hybridized carbons (Fsp3) is 0.423. The minimum absolute atomic E-state index is 0.0289. The van der Waals surface area contributed by atoms with Gasteiger partial charge in [0.2, 0.25) is 11.8 Å². The molecular formula is C26H33N3O5. The van der Waals surface area contributed by atoms with Crippen LogP contribution in [-0.2, 0) is 14.4 Å². The van der Waals surface area contributed by atoms with Crippen molar-refractivity contribution in [2.45, 2.75) is 58.2 Å². The minimum atomic E-state index is -0.820. The third-order valence-electron chi connectivity index (χ3n) is 5.97. The summed E-state index contributed by atoms with van der Waals surface area (Å²) in [7, 11) is 1.58. The number of hydrogen-bond donors (Lipinski definition) is 2. The monoisotopic (exact) mass is 467 g/mol. The molecule has 2 aromatic carbocycles. The summed E-state index contributed by atoms with van der Waals surface area (Å²) in [5, 5.41) is 5.87. The highest BCUT2D eigenvalue weighted by Gasteiger charge is 2.35. The third-order valence-corrected chi connectivity index (χ3v) is 5.97. The number of ether oxygens (including phenoxy) is 2. The van der Waals surface area contributed by atoms with Crippen LogP contribution in [0.15, 0.2) is 48.5 Å². The highest BCUT2D eigenvalue weighted by Crippen LogP contribution is 2.34. The average Bonchev–Trinajstić information content (AvgIpc) is 2.85. The van der Waals surface area contributed by atoms with E-state index < -0.39 is 12.1 Å². The Labute approximate surface area is 200 Å². The zero-order valence-electron chi connectivity index (χ0n) is 20.2. The van der Waals surface area contributed by atoms with Crippen molar-refractivity contribution in [1.82, 2.24) is 10.6 Å². The third kappa shape index (κ3) is 6.07. The lowest BCUT2D eigenvalue weighted by Crippen LogP contribution is -2.52. The molecule has 3 rings (SSSR count). The molecule has 2 N–H and O–H groups in total. The summed E-state index contributed by atoms with van der Waals surface area (Å²) in [5.41, 5.74) is 1.39. The van der Waals surface area contributed by atoms with E-state index in [1.807, 2.05) is 32.0 Å². The fourth-order valence-corrected chi connectivity index (χ4v) is 4.01. The van der Waals surface area contributed by atoms with Crippen molar-refractivity contribution in [2.24, 2.45) is 0 Å². The lowest BCUT2D eigenvalue weighted by atomic mass is 10.0. The number of para-hydroxylation sites is 2. The van der Waals surface area contributed by atoms with Gasteiger partial charge < -0.3 is 25.0 Å². The molecule has 0 saturated heterocycles. The van der Waals surface area contributed by atoms with Gasteiger partial charge in [0.1, 0.15) is 11.5 Å². The van der Waals surface area contributed by atoms with E-state index in [1.165, 1.54) is 6.92 Å². The van der Waals surface area contributed by atoms with E-state index in [1.54, 1.807) is 42.3 Å². The van der Waals surface area contributed by atoms with Gasteiger partial charge in [-0.05, 0) is 42.7 Å². The van der Waals surface area contributed by atoms with Crippen molar-refractivity contribution < 1.29 is 23.9 Å². The van der Waals surface area contributed by atoms with E-state index >= 15 is 0 Å². The van der Waals surface area contributed by atoms with Gasteiger partial charge in [0.15, 0.2) is 6.10 Å². The van der Waals surface area contributed by atoms with E-state index in [0.29, 0.717) is 17.2 Å². The Balaban J connectivity index is 1.83. The molecule has 1 heterocycles. The maximum Gasteiger partial charge on any atom is 0.263 e. The molecule has 8 heteroatoms. The van der Waals surface area contributed by atoms with Gasteiger partial charge in [-0.2, -0.15) is 0 Å². The van der Waals surface area contributed by atoms with Crippen LogP contribution >= 0.6 is 0 Å². The van der Waals surface area contributed by atoms with Crippen LogP contribution < -0.4 is 25.0 Å². The Morgan fingerprint density at radius 2 is 1.74 bits per heavy atom. The SMILES string of the molecule is CCC(CC)NC(=O)C1CN(C(=O)CC(NC(C)=O)c2ccc(OC)cc2)c2ccccc2O1. The second-order valence-corrected chi connectivity index (χ2v) is 8.33. The van der Waals surface area contributed by atoms with Crippen molar-refractivity contribution in [1.29, 1.82) is 0 Å². The van der Waals surface area contributed by atoms with E-state index in [9.17, 15) is 14.4 Å². The highest BCUT2D eigenvalue weighted by molar-refractivity contribution is 5.98. The molecule has 0 aromatic heterocycles. The normalized spacial score (nSPS) is 15.7. The van der Waals surface area contributed by atoms with Crippen molar-refractivity contribution in [3.05, 3.63) is 54.1 Å². The average molecular weight is 468 g/mol. The number of benzene rings is 2. The van der Waals surface area contributed by atoms with Gasteiger partial charge in [0, 0.05) is 13.0 Å². The van der Waals surface area contributed by atoms with Gasteiger partial charge in [-0.1, -0.05) is 38.1 Å². The first-order chi connectivity index (χ1) is 16.4. The zero-order valence-corrected chi connectivity index (χ0v) is 20.2. The van der Waals surface area contributed by atoms with Gasteiger partial charge >= 0.3 is 0 Å². The molecule has 0 fully saturated rings. The number of amides is 3. The maximum absolute atomic E-state index is 13.5. The molecule has 2 aromatic rings. The molecule has 2 atom stereocenters. The Kier molecular flexibility index (Phi) is 8.51. The van der Waals surface area contributed by atoms with Crippen LogP contribution in [-0.4, -0.2) is 43.5 Å². The molecule has 0 radical (unpaired) electrons. The molecular weight excluding hydrogens is 434 g/mol. The minimum Gasteiger partial charge on any atom is -0.497 e. The van der Waals surface area contributed by atoms with Crippen molar-refractivity contribution in [2.75, 3.05) is 18.6 Å². The number of rotatable bonds is 9. The summed E-state index contributed by atoms with van der Waals surface area (Å²) in [6.07, 6.45) is 0.837. The number of nitrogens with zero attached hydrogens (tertiary/aromatic N) is 1. The van der Waals surface area contributed by atoms with Crippen LogP contribution in [0.4, 0.5) is 5.69 Å². The van der Waals surface area contributed by atoms with Crippen molar-refractivity contribution in [3.8, 4) is 11.5 Å². The Hall–Kier alpha value is -3.55. The van der Waals surface area contributed by atoms with Crippen LogP contribution in [0.1, 0.15) is 51.6 Å². The lowest BCUT2D eigenvalue weighted by molar-refractivity contribution is -0.129. The fourth-order valence-electron chi connectivity index (χ4n) is 4.01. The molecule has 8 nitrogen and oxygen atoms in total. The second kappa shape index (κ2) is 11.5. The number of nitrogens with one attached hydrogen (secondary N) is 2. The van der Waals surface area contributed by atoms with Crippen LogP contribution in [0.3, 0.4) is 0 Å². The maximum atomic E-state index is 13.5. The summed E-state index contributed by atoms with van der Waals surface area (Å²) in [4.78, 5) is 39.9. The summed E-state index contributed by atoms with van der Waals surface area (Å²) in [6.45, 7) is 5.55. The topological polar surface area (TPSA) is 97.0 Å². The quantitative estimate of drug-likeness (QED) is 0.590. The second-order valence-electron chi connectivity index (χ2n) is 8.33. The first kappa shape index (κ1) is 25.1. The zero-order chi connectivity index (χ0) is 24.7. The predicted molar refractivity (Wildman–Crippen MR) is 130 cm³/mol. The summed E-state index contributed by atoms with van der Waals surface area (Å²) in [6, 6.07) is 13.9. The van der Waals surface area contributed by atoms with Gasteiger partial charge in [0.25, 0.3) is 5.91 Å². The van der Waals surface area contributed by atoms with Crippen LogP contribution in [0.5, 0.6) is 11.5 Å². The smallest absolute Gasteiger partial charge is 0.263 e.